The second-order valence-electron chi connectivity index (χ2n) is 6.38. The minimum Gasteiger partial charge on any atom is -0.379 e. The molecule has 5 nitrogen and oxygen atoms in total. The highest BCUT2D eigenvalue weighted by Crippen LogP contribution is 2.21. The number of aryl methyl sites for hydroxylation is 1. The van der Waals surface area contributed by atoms with Crippen molar-refractivity contribution in [3.63, 3.8) is 0 Å². The van der Waals surface area contributed by atoms with Crippen LogP contribution in [0.2, 0.25) is 0 Å². The lowest BCUT2D eigenvalue weighted by molar-refractivity contribution is -0.121. The van der Waals surface area contributed by atoms with E-state index >= 15 is 0 Å². The Hall–Kier alpha value is -2.31. The molecule has 2 aromatic rings. The molecule has 1 fully saturated rings. The molecule has 0 saturated carbocycles. The molecule has 1 aromatic heterocycles. The minimum atomic E-state index is -0.255. The average Bonchev–Trinajstić information content (AvgIpc) is 2.69. The summed E-state index contributed by atoms with van der Waals surface area (Å²) >= 11 is 0. The number of halogens is 1. The highest BCUT2D eigenvalue weighted by atomic mass is 19.1. The Morgan fingerprint density at radius 1 is 1.23 bits per heavy atom. The van der Waals surface area contributed by atoms with E-state index in [0.717, 1.165) is 24.2 Å². The van der Waals surface area contributed by atoms with Gasteiger partial charge < -0.3 is 10.1 Å². The predicted octanol–water partition coefficient (Wildman–Crippen LogP) is 2.34. The van der Waals surface area contributed by atoms with E-state index in [9.17, 15) is 9.18 Å². The van der Waals surface area contributed by atoms with E-state index in [-0.39, 0.29) is 17.8 Å². The molecule has 1 amide bonds. The Balaban J connectivity index is 1.58. The van der Waals surface area contributed by atoms with Gasteiger partial charge in [0.1, 0.15) is 5.82 Å². The third-order valence-electron chi connectivity index (χ3n) is 4.60. The number of pyridine rings is 1. The van der Waals surface area contributed by atoms with Crippen molar-refractivity contribution in [1.82, 2.24) is 15.2 Å². The van der Waals surface area contributed by atoms with Gasteiger partial charge in [0.05, 0.1) is 19.3 Å². The van der Waals surface area contributed by atoms with Gasteiger partial charge in [-0.1, -0.05) is 18.2 Å². The number of nitrogens with one attached hydrogen (secondary N) is 1. The maximum atomic E-state index is 13.3. The second kappa shape index (κ2) is 9.40. The second-order valence-corrected chi connectivity index (χ2v) is 6.38. The first-order chi connectivity index (χ1) is 12.7. The van der Waals surface area contributed by atoms with Crippen LogP contribution >= 0.6 is 0 Å². The van der Waals surface area contributed by atoms with E-state index in [1.165, 1.54) is 12.1 Å². The van der Waals surface area contributed by atoms with Crippen molar-refractivity contribution < 1.29 is 13.9 Å². The molecule has 1 aliphatic heterocycles. The van der Waals surface area contributed by atoms with E-state index in [2.05, 4.69) is 15.2 Å². The smallest absolute Gasteiger partial charge is 0.220 e. The number of nitrogens with zero attached hydrogens (tertiary/aromatic N) is 2. The first-order valence-corrected chi connectivity index (χ1v) is 8.95. The number of hydrogen-bond donors (Lipinski definition) is 1. The lowest BCUT2D eigenvalue weighted by Crippen LogP contribution is -2.43. The maximum absolute atomic E-state index is 13.3. The van der Waals surface area contributed by atoms with Crippen LogP contribution in [0.1, 0.15) is 23.6 Å². The number of ether oxygens (including phenoxy) is 1. The third kappa shape index (κ3) is 5.34. The van der Waals surface area contributed by atoms with Gasteiger partial charge in [0.2, 0.25) is 5.91 Å². The maximum Gasteiger partial charge on any atom is 0.220 e. The van der Waals surface area contributed by atoms with Crippen LogP contribution in [0.25, 0.3) is 0 Å². The molecule has 0 bridgehead atoms. The van der Waals surface area contributed by atoms with E-state index in [1.54, 1.807) is 24.5 Å². The van der Waals surface area contributed by atoms with Crippen LogP contribution in [0.5, 0.6) is 0 Å². The van der Waals surface area contributed by atoms with Crippen LogP contribution in [0.4, 0.5) is 4.39 Å². The largest absolute Gasteiger partial charge is 0.379 e. The van der Waals surface area contributed by atoms with Crippen LogP contribution in [-0.2, 0) is 16.0 Å². The Morgan fingerprint density at radius 2 is 2.00 bits per heavy atom. The number of amides is 1. The van der Waals surface area contributed by atoms with Crippen molar-refractivity contribution in [1.29, 1.82) is 0 Å². The van der Waals surface area contributed by atoms with Gasteiger partial charge >= 0.3 is 0 Å². The first kappa shape index (κ1) is 18.5. The summed E-state index contributed by atoms with van der Waals surface area (Å²) in [6, 6.07) is 10.4. The molecule has 1 saturated heterocycles. The molecule has 1 aliphatic rings. The highest BCUT2D eigenvalue weighted by molar-refractivity contribution is 5.76. The topological polar surface area (TPSA) is 54.5 Å². The molecule has 138 valence electrons. The summed E-state index contributed by atoms with van der Waals surface area (Å²) in [5.41, 5.74) is 2.05. The molecule has 1 aromatic carbocycles. The van der Waals surface area contributed by atoms with Gasteiger partial charge in [0, 0.05) is 38.4 Å². The number of morpholine rings is 1. The summed E-state index contributed by atoms with van der Waals surface area (Å²) in [5.74, 6) is -0.246. The van der Waals surface area contributed by atoms with E-state index in [0.29, 0.717) is 32.6 Å². The number of carbonyl (C=O) groups is 1. The van der Waals surface area contributed by atoms with Crippen molar-refractivity contribution in [2.24, 2.45) is 0 Å². The molecular weight excluding hydrogens is 333 g/mol. The lowest BCUT2D eigenvalue weighted by Gasteiger charge is -2.35. The summed E-state index contributed by atoms with van der Waals surface area (Å²) in [4.78, 5) is 18.6. The molecule has 2 heterocycles. The lowest BCUT2D eigenvalue weighted by atomic mass is 10.0. The molecule has 26 heavy (non-hydrogen) atoms. The van der Waals surface area contributed by atoms with Crippen molar-refractivity contribution in [3.05, 3.63) is 65.7 Å². The molecule has 1 N–H and O–H groups in total. The third-order valence-corrected chi connectivity index (χ3v) is 4.60. The van der Waals surface area contributed by atoms with Gasteiger partial charge in [-0.3, -0.25) is 14.7 Å². The zero-order valence-electron chi connectivity index (χ0n) is 14.7. The van der Waals surface area contributed by atoms with E-state index < -0.39 is 0 Å². The summed E-state index contributed by atoms with van der Waals surface area (Å²) in [6.45, 7) is 3.44. The van der Waals surface area contributed by atoms with Crippen molar-refractivity contribution in [3.8, 4) is 0 Å². The SMILES string of the molecule is O=C(CCc1cccnc1)NCC(c1ccc(F)cc1)N1CCOCC1. The predicted molar refractivity (Wildman–Crippen MR) is 97.1 cm³/mol. The fourth-order valence-electron chi connectivity index (χ4n) is 3.13. The summed E-state index contributed by atoms with van der Waals surface area (Å²) < 4.78 is 18.7. The molecule has 3 rings (SSSR count). The summed E-state index contributed by atoms with van der Waals surface area (Å²) in [6.07, 6.45) is 4.59. The van der Waals surface area contributed by atoms with Crippen LogP contribution in [0, 0.1) is 5.82 Å². The first-order valence-electron chi connectivity index (χ1n) is 8.95. The van der Waals surface area contributed by atoms with Gasteiger partial charge in [-0.25, -0.2) is 4.39 Å². The van der Waals surface area contributed by atoms with E-state index in [4.69, 9.17) is 4.74 Å². The quantitative estimate of drug-likeness (QED) is 0.826. The van der Waals surface area contributed by atoms with Gasteiger partial charge in [-0.2, -0.15) is 0 Å². The molecule has 1 atom stereocenters. The number of rotatable bonds is 7. The molecule has 0 spiro atoms. The number of benzene rings is 1. The molecule has 0 aliphatic carbocycles. The van der Waals surface area contributed by atoms with Gasteiger partial charge in [0.25, 0.3) is 0 Å². The van der Waals surface area contributed by atoms with Gasteiger partial charge in [-0.05, 0) is 35.7 Å². The number of hydrogen-bond acceptors (Lipinski definition) is 4. The van der Waals surface area contributed by atoms with Crippen LogP contribution in [0.15, 0.2) is 48.8 Å². The van der Waals surface area contributed by atoms with Crippen molar-refractivity contribution in [2.45, 2.75) is 18.9 Å². The van der Waals surface area contributed by atoms with Crippen molar-refractivity contribution >= 4 is 5.91 Å². The van der Waals surface area contributed by atoms with Crippen LogP contribution in [-0.4, -0.2) is 48.6 Å². The molecule has 0 radical (unpaired) electrons. The van der Waals surface area contributed by atoms with E-state index in [1.807, 2.05) is 12.1 Å². The fraction of sp³-hybridized carbons (Fsp3) is 0.400. The monoisotopic (exact) mass is 357 g/mol. The summed E-state index contributed by atoms with van der Waals surface area (Å²) in [5, 5.41) is 3.03. The summed E-state index contributed by atoms with van der Waals surface area (Å²) in [7, 11) is 0. The van der Waals surface area contributed by atoms with Crippen LogP contribution < -0.4 is 5.32 Å². The normalized spacial score (nSPS) is 16.2. The van der Waals surface area contributed by atoms with Crippen molar-refractivity contribution in [2.75, 3.05) is 32.8 Å². The number of aromatic nitrogens is 1. The Morgan fingerprint density at radius 3 is 2.69 bits per heavy atom. The number of carbonyl (C=O) groups excluding carboxylic acids is 1. The van der Waals surface area contributed by atoms with Gasteiger partial charge in [0.15, 0.2) is 0 Å². The molecular formula is C20H24FN3O2. The van der Waals surface area contributed by atoms with Gasteiger partial charge in [-0.15, -0.1) is 0 Å². The van der Waals surface area contributed by atoms with Crippen LogP contribution in [0.3, 0.4) is 0 Å². The molecule has 1 unspecified atom stereocenters. The fourth-order valence-corrected chi connectivity index (χ4v) is 3.13. The standard InChI is InChI=1S/C20H24FN3O2/c21-18-6-4-17(5-7-18)19(24-10-12-26-13-11-24)15-23-20(25)8-3-16-2-1-9-22-14-16/h1-2,4-7,9,14,19H,3,8,10-13,15H2,(H,23,25). The Kier molecular flexibility index (Phi) is 6.68. The Labute approximate surface area is 153 Å². The molecule has 6 heteroatoms. The highest BCUT2D eigenvalue weighted by Gasteiger charge is 2.23. The zero-order valence-corrected chi connectivity index (χ0v) is 14.7. The average molecular weight is 357 g/mol. The zero-order chi connectivity index (χ0) is 18.2. The minimum absolute atomic E-state index is 0.00854. The Bertz CT molecular complexity index is 688.